The van der Waals surface area contributed by atoms with Gasteiger partial charge in [-0.2, -0.15) is 8.78 Å². The van der Waals surface area contributed by atoms with E-state index in [1.54, 1.807) is 0 Å². The predicted octanol–water partition coefficient (Wildman–Crippen LogP) is 9.14. The quantitative estimate of drug-likeness (QED) is 0.204. The van der Waals surface area contributed by atoms with Crippen LogP contribution in [-0.4, -0.2) is 12.7 Å². The molecule has 0 aliphatic carbocycles. The number of rotatable bonds is 8. The summed E-state index contributed by atoms with van der Waals surface area (Å²) in [5.41, 5.74) is -1.21. The fourth-order valence-corrected chi connectivity index (χ4v) is 4.53. The molecule has 2 atom stereocenters. The van der Waals surface area contributed by atoms with E-state index < -0.39 is 64.0 Å². The lowest BCUT2D eigenvalue weighted by Crippen LogP contribution is -2.21. The number of alkyl halides is 2. The van der Waals surface area contributed by atoms with Gasteiger partial charge in [0, 0.05) is 23.3 Å². The molecule has 0 spiro atoms. The summed E-state index contributed by atoms with van der Waals surface area (Å²) in [5, 5.41) is 0. The summed E-state index contributed by atoms with van der Waals surface area (Å²) < 4.78 is 123. The molecule has 3 aromatic rings. The molecule has 208 valence electrons. The Labute approximate surface area is 219 Å². The molecular formula is C29H24F8O2. The highest BCUT2D eigenvalue weighted by molar-refractivity contribution is 5.65. The first-order valence-electron chi connectivity index (χ1n) is 12.3. The molecule has 0 aromatic heterocycles. The maximum Gasteiger partial charge on any atom is 0.419 e. The highest BCUT2D eigenvalue weighted by atomic mass is 19.3. The van der Waals surface area contributed by atoms with E-state index in [-0.39, 0.29) is 17.2 Å². The van der Waals surface area contributed by atoms with Crippen molar-refractivity contribution in [2.45, 2.75) is 44.8 Å². The van der Waals surface area contributed by atoms with Crippen LogP contribution in [0.15, 0.2) is 48.5 Å². The maximum atomic E-state index is 14.6. The van der Waals surface area contributed by atoms with Crippen LogP contribution in [0.1, 0.15) is 49.8 Å². The summed E-state index contributed by atoms with van der Waals surface area (Å²) in [6.07, 6.45) is -0.529. The number of hydrogen-bond acceptors (Lipinski definition) is 2. The van der Waals surface area contributed by atoms with E-state index in [4.69, 9.17) is 4.74 Å². The SMILES string of the molecule is CCCC1CCC(c2cc(F)c(/C=C/C(F)(F)Oc3ccc(-c4cc(F)c(F)c(F)c4)c(F)c3)c(F)c2)OC1. The smallest absolute Gasteiger partial charge is 0.419 e. The zero-order chi connectivity index (χ0) is 28.3. The van der Waals surface area contributed by atoms with Crippen LogP contribution in [0.2, 0.25) is 0 Å². The van der Waals surface area contributed by atoms with Gasteiger partial charge in [0.15, 0.2) is 17.5 Å². The number of halogens is 8. The second kappa shape index (κ2) is 11.8. The number of hydrogen-bond donors (Lipinski definition) is 0. The van der Waals surface area contributed by atoms with E-state index in [0.29, 0.717) is 43.2 Å². The predicted molar refractivity (Wildman–Crippen MR) is 129 cm³/mol. The van der Waals surface area contributed by atoms with Crippen LogP contribution in [-0.2, 0) is 4.74 Å². The molecule has 39 heavy (non-hydrogen) atoms. The van der Waals surface area contributed by atoms with Crippen LogP contribution >= 0.6 is 0 Å². The molecule has 0 radical (unpaired) electrons. The van der Waals surface area contributed by atoms with Crippen LogP contribution in [0.4, 0.5) is 35.1 Å². The maximum absolute atomic E-state index is 14.6. The minimum absolute atomic E-state index is 0.108. The van der Waals surface area contributed by atoms with Crippen molar-refractivity contribution in [3.05, 3.63) is 94.6 Å². The third-order valence-electron chi connectivity index (χ3n) is 6.47. The molecule has 1 fully saturated rings. The average molecular weight is 556 g/mol. The Hall–Kier alpha value is -3.40. The van der Waals surface area contributed by atoms with Crippen molar-refractivity contribution in [3.8, 4) is 16.9 Å². The Balaban J connectivity index is 1.46. The molecule has 10 heteroatoms. The monoisotopic (exact) mass is 556 g/mol. The Bertz CT molecular complexity index is 1320. The lowest BCUT2D eigenvalue weighted by Gasteiger charge is -2.29. The van der Waals surface area contributed by atoms with Crippen molar-refractivity contribution >= 4 is 6.08 Å². The lowest BCUT2D eigenvalue weighted by atomic mass is 9.91. The van der Waals surface area contributed by atoms with Gasteiger partial charge in [-0.1, -0.05) is 13.3 Å². The lowest BCUT2D eigenvalue weighted by molar-refractivity contribution is -0.131. The Morgan fingerprint density at radius 1 is 0.872 bits per heavy atom. The van der Waals surface area contributed by atoms with Gasteiger partial charge in [0.2, 0.25) is 0 Å². The summed E-state index contributed by atoms with van der Waals surface area (Å²) in [6.45, 7) is 2.54. The molecule has 0 saturated carbocycles. The van der Waals surface area contributed by atoms with Crippen molar-refractivity contribution in [3.63, 3.8) is 0 Å². The van der Waals surface area contributed by atoms with E-state index in [2.05, 4.69) is 11.7 Å². The molecule has 0 amide bonds. The molecule has 0 bridgehead atoms. The second-order valence-corrected chi connectivity index (χ2v) is 9.34. The zero-order valence-corrected chi connectivity index (χ0v) is 20.7. The van der Waals surface area contributed by atoms with Gasteiger partial charge in [0.05, 0.1) is 12.7 Å². The molecule has 1 aliphatic heterocycles. The molecule has 2 unspecified atom stereocenters. The van der Waals surface area contributed by atoms with Gasteiger partial charge in [0.1, 0.15) is 23.2 Å². The molecular weight excluding hydrogens is 532 g/mol. The third-order valence-corrected chi connectivity index (χ3v) is 6.47. The van der Waals surface area contributed by atoms with Gasteiger partial charge in [-0.3, -0.25) is 0 Å². The Kier molecular flexibility index (Phi) is 8.64. The molecule has 1 heterocycles. The van der Waals surface area contributed by atoms with Crippen LogP contribution in [0.25, 0.3) is 17.2 Å². The van der Waals surface area contributed by atoms with Gasteiger partial charge in [-0.25, -0.2) is 26.3 Å². The van der Waals surface area contributed by atoms with Gasteiger partial charge >= 0.3 is 6.11 Å². The minimum Gasteiger partial charge on any atom is -0.429 e. The van der Waals surface area contributed by atoms with E-state index in [9.17, 15) is 35.1 Å². The van der Waals surface area contributed by atoms with E-state index in [0.717, 1.165) is 43.5 Å². The minimum atomic E-state index is -4.11. The van der Waals surface area contributed by atoms with Gasteiger partial charge in [-0.15, -0.1) is 0 Å². The second-order valence-electron chi connectivity index (χ2n) is 9.34. The normalized spacial score (nSPS) is 18.1. The summed E-state index contributed by atoms with van der Waals surface area (Å²) >= 11 is 0. The largest absolute Gasteiger partial charge is 0.429 e. The topological polar surface area (TPSA) is 18.5 Å². The van der Waals surface area contributed by atoms with Crippen molar-refractivity contribution < 1.29 is 44.6 Å². The fraction of sp³-hybridized carbons (Fsp3) is 0.310. The summed E-state index contributed by atoms with van der Waals surface area (Å²) in [7, 11) is 0. The number of ether oxygens (including phenoxy) is 2. The average Bonchev–Trinajstić information content (AvgIpc) is 2.87. The molecule has 4 rings (SSSR count). The van der Waals surface area contributed by atoms with Crippen LogP contribution in [0.3, 0.4) is 0 Å². The summed E-state index contributed by atoms with van der Waals surface area (Å²) in [4.78, 5) is 0. The molecule has 0 N–H and O–H groups in total. The van der Waals surface area contributed by atoms with Crippen molar-refractivity contribution in [1.82, 2.24) is 0 Å². The van der Waals surface area contributed by atoms with E-state index in [1.165, 1.54) is 0 Å². The Morgan fingerprint density at radius 2 is 1.54 bits per heavy atom. The summed E-state index contributed by atoms with van der Waals surface area (Å²) in [6, 6.07) is 5.52. The van der Waals surface area contributed by atoms with Crippen molar-refractivity contribution in [1.29, 1.82) is 0 Å². The van der Waals surface area contributed by atoms with E-state index in [1.807, 2.05) is 0 Å². The van der Waals surface area contributed by atoms with Gasteiger partial charge in [0.25, 0.3) is 0 Å². The first-order chi connectivity index (χ1) is 18.5. The molecule has 1 aliphatic rings. The fourth-order valence-electron chi connectivity index (χ4n) is 4.53. The van der Waals surface area contributed by atoms with Crippen LogP contribution in [0.5, 0.6) is 5.75 Å². The first-order valence-corrected chi connectivity index (χ1v) is 12.3. The summed E-state index contributed by atoms with van der Waals surface area (Å²) in [5.74, 6) is -8.45. The third kappa shape index (κ3) is 6.79. The molecule has 1 saturated heterocycles. The zero-order valence-electron chi connectivity index (χ0n) is 20.7. The number of benzene rings is 3. The highest BCUT2D eigenvalue weighted by Crippen LogP contribution is 2.35. The molecule has 2 nitrogen and oxygen atoms in total. The Morgan fingerprint density at radius 3 is 2.10 bits per heavy atom. The van der Waals surface area contributed by atoms with Gasteiger partial charge in [-0.05, 0) is 78.8 Å². The first kappa shape index (κ1) is 28.6. The van der Waals surface area contributed by atoms with Crippen LogP contribution < -0.4 is 4.74 Å². The van der Waals surface area contributed by atoms with E-state index >= 15 is 0 Å². The van der Waals surface area contributed by atoms with Crippen molar-refractivity contribution in [2.75, 3.05) is 6.61 Å². The van der Waals surface area contributed by atoms with Gasteiger partial charge < -0.3 is 9.47 Å². The van der Waals surface area contributed by atoms with Crippen molar-refractivity contribution in [2.24, 2.45) is 5.92 Å². The molecule has 3 aromatic carbocycles. The van der Waals surface area contributed by atoms with Crippen LogP contribution in [0, 0.1) is 40.8 Å². The standard InChI is InChI=1S/C29H24F8O2/c1-2-3-16-4-7-27(38-15-16)18-12-22(30)21(23(31)13-18)8-9-29(36,37)39-19-5-6-20(24(32)14-19)17-10-25(33)28(35)26(34)11-17/h5-6,8-14,16,27H,2-4,7,15H2,1H3/b9-8+. The highest BCUT2D eigenvalue weighted by Gasteiger charge is 2.29.